The second-order valence-electron chi connectivity index (χ2n) is 4.89. The second kappa shape index (κ2) is 6.92. The van der Waals surface area contributed by atoms with E-state index in [2.05, 4.69) is 9.72 Å². The molecule has 1 amide bonds. The molecule has 0 saturated carbocycles. The van der Waals surface area contributed by atoms with Gasteiger partial charge in [-0.1, -0.05) is 35.6 Å². The zero-order valence-corrected chi connectivity index (χ0v) is 13.6. The third-order valence-electron chi connectivity index (χ3n) is 3.41. The molecule has 0 unspecified atom stereocenters. The number of alkyl halides is 2. The Hall–Kier alpha value is -2.54. The number of anilines is 1. The van der Waals surface area contributed by atoms with Gasteiger partial charge in [0.15, 0.2) is 5.13 Å². The third-order valence-corrected chi connectivity index (χ3v) is 4.47. The van der Waals surface area contributed by atoms with Crippen molar-refractivity contribution in [3.63, 3.8) is 0 Å². The van der Waals surface area contributed by atoms with Crippen LogP contribution in [0.1, 0.15) is 17.3 Å². The molecule has 124 valence electrons. The molecule has 7 heteroatoms. The first-order chi connectivity index (χ1) is 11.6. The summed E-state index contributed by atoms with van der Waals surface area (Å²) in [6, 6.07) is 13.5. The van der Waals surface area contributed by atoms with Crippen LogP contribution in [0.4, 0.5) is 13.9 Å². The van der Waals surface area contributed by atoms with Crippen molar-refractivity contribution in [1.82, 2.24) is 4.98 Å². The molecule has 0 atom stereocenters. The van der Waals surface area contributed by atoms with Crippen LogP contribution < -0.4 is 9.64 Å². The lowest BCUT2D eigenvalue weighted by Gasteiger charge is -2.19. The molecule has 24 heavy (non-hydrogen) atoms. The van der Waals surface area contributed by atoms with Crippen LogP contribution in [0.5, 0.6) is 5.75 Å². The molecule has 2 aromatic carbocycles. The topological polar surface area (TPSA) is 42.4 Å². The first-order valence-corrected chi connectivity index (χ1v) is 8.13. The van der Waals surface area contributed by atoms with Crippen molar-refractivity contribution in [2.75, 3.05) is 11.4 Å². The van der Waals surface area contributed by atoms with Gasteiger partial charge in [0.1, 0.15) is 5.75 Å². The van der Waals surface area contributed by atoms with Crippen molar-refractivity contribution < 1.29 is 18.3 Å². The lowest BCUT2D eigenvalue weighted by molar-refractivity contribution is -0.0501. The first-order valence-electron chi connectivity index (χ1n) is 7.31. The molecular formula is C17H14F2N2O2S. The number of rotatable bonds is 5. The van der Waals surface area contributed by atoms with Crippen LogP contribution in [0.3, 0.4) is 0 Å². The zero-order valence-electron chi connectivity index (χ0n) is 12.8. The highest BCUT2D eigenvalue weighted by Crippen LogP contribution is 2.31. The highest BCUT2D eigenvalue weighted by molar-refractivity contribution is 7.22. The summed E-state index contributed by atoms with van der Waals surface area (Å²) in [6.45, 7) is -0.821. The largest absolute Gasteiger partial charge is 0.434 e. The maximum Gasteiger partial charge on any atom is 0.387 e. The van der Waals surface area contributed by atoms with E-state index in [-0.39, 0.29) is 11.3 Å². The molecule has 1 aromatic heterocycles. The molecule has 0 N–H and O–H groups in total. The number of aromatic nitrogens is 1. The van der Waals surface area contributed by atoms with E-state index in [1.165, 1.54) is 28.4 Å². The fraction of sp³-hybridized carbons (Fsp3) is 0.176. The van der Waals surface area contributed by atoms with E-state index in [1.54, 1.807) is 19.1 Å². The number of amides is 1. The standard InChI is InChI=1S/C17H14F2N2O2S/c1-2-21(17-20-12-8-4-6-10-14(12)24-17)15(22)11-7-3-5-9-13(11)23-16(18)19/h3-10,16H,2H2,1H3. The first kappa shape index (κ1) is 16.3. The van der Waals surface area contributed by atoms with Crippen molar-refractivity contribution in [2.24, 2.45) is 0 Å². The van der Waals surface area contributed by atoms with Gasteiger partial charge in [0.05, 0.1) is 15.8 Å². The van der Waals surface area contributed by atoms with E-state index < -0.39 is 12.5 Å². The Morgan fingerprint density at radius 1 is 1.21 bits per heavy atom. The maximum absolute atomic E-state index is 12.8. The SMILES string of the molecule is CCN(C(=O)c1ccccc1OC(F)F)c1nc2ccccc2s1. The predicted molar refractivity (Wildman–Crippen MR) is 90.0 cm³/mol. The van der Waals surface area contributed by atoms with Gasteiger partial charge in [0.2, 0.25) is 0 Å². The van der Waals surface area contributed by atoms with Gasteiger partial charge in [-0.3, -0.25) is 9.69 Å². The highest BCUT2D eigenvalue weighted by Gasteiger charge is 2.23. The Labute approximate surface area is 141 Å². The fourth-order valence-corrected chi connectivity index (χ4v) is 3.36. The molecule has 3 rings (SSSR count). The molecule has 0 spiro atoms. The number of hydrogen-bond donors (Lipinski definition) is 0. The van der Waals surface area contributed by atoms with Crippen LogP contribution >= 0.6 is 11.3 Å². The fourth-order valence-electron chi connectivity index (χ4n) is 2.33. The predicted octanol–water partition coefficient (Wildman–Crippen LogP) is 4.56. The molecule has 0 aliphatic carbocycles. The van der Waals surface area contributed by atoms with Crippen LogP contribution in [0.15, 0.2) is 48.5 Å². The number of ether oxygens (including phenoxy) is 1. The number of carbonyl (C=O) groups is 1. The van der Waals surface area contributed by atoms with Crippen molar-refractivity contribution >= 4 is 32.6 Å². The van der Waals surface area contributed by atoms with Gasteiger partial charge < -0.3 is 4.74 Å². The van der Waals surface area contributed by atoms with E-state index in [0.717, 1.165) is 10.2 Å². The minimum atomic E-state index is -2.99. The number of para-hydroxylation sites is 2. The summed E-state index contributed by atoms with van der Waals surface area (Å²) in [5.74, 6) is -0.565. The molecular weight excluding hydrogens is 334 g/mol. The van der Waals surface area contributed by atoms with Crippen LogP contribution in [0.25, 0.3) is 10.2 Å². The van der Waals surface area contributed by atoms with E-state index in [4.69, 9.17) is 0 Å². The van der Waals surface area contributed by atoms with Gasteiger partial charge in [-0.05, 0) is 31.2 Å². The molecule has 0 radical (unpaired) electrons. The summed E-state index contributed by atoms with van der Waals surface area (Å²) < 4.78 is 30.5. The number of fused-ring (bicyclic) bond motifs is 1. The summed E-state index contributed by atoms with van der Waals surface area (Å²) in [6.07, 6.45) is 0. The summed E-state index contributed by atoms with van der Waals surface area (Å²) in [7, 11) is 0. The van der Waals surface area contributed by atoms with Gasteiger partial charge in [-0.15, -0.1) is 0 Å². The molecule has 0 saturated heterocycles. The normalized spacial score (nSPS) is 11.0. The summed E-state index contributed by atoms with van der Waals surface area (Å²) in [5.41, 5.74) is 0.875. The number of nitrogens with zero attached hydrogens (tertiary/aromatic N) is 2. The molecule has 1 heterocycles. The van der Waals surface area contributed by atoms with Gasteiger partial charge in [-0.2, -0.15) is 8.78 Å². The Morgan fingerprint density at radius 2 is 1.92 bits per heavy atom. The van der Waals surface area contributed by atoms with Gasteiger partial charge in [-0.25, -0.2) is 4.98 Å². The van der Waals surface area contributed by atoms with Crippen LogP contribution in [-0.2, 0) is 0 Å². The third kappa shape index (κ3) is 3.21. The molecule has 0 fully saturated rings. The lowest BCUT2D eigenvalue weighted by atomic mass is 10.2. The molecule has 0 aliphatic rings. The van der Waals surface area contributed by atoms with Crippen molar-refractivity contribution in [2.45, 2.75) is 13.5 Å². The van der Waals surface area contributed by atoms with Crippen molar-refractivity contribution in [3.05, 3.63) is 54.1 Å². The Balaban J connectivity index is 1.97. The zero-order chi connectivity index (χ0) is 17.1. The minimum Gasteiger partial charge on any atom is -0.434 e. The smallest absolute Gasteiger partial charge is 0.387 e. The average Bonchev–Trinajstić information content (AvgIpc) is 2.99. The number of benzene rings is 2. The van der Waals surface area contributed by atoms with Crippen molar-refractivity contribution in [3.8, 4) is 5.75 Å². The molecule has 3 aromatic rings. The van der Waals surface area contributed by atoms with Gasteiger partial charge >= 0.3 is 6.61 Å². The summed E-state index contributed by atoms with van der Waals surface area (Å²) in [5, 5.41) is 0.524. The molecule has 4 nitrogen and oxygen atoms in total. The van der Waals surface area contributed by atoms with Crippen LogP contribution in [0.2, 0.25) is 0 Å². The average molecular weight is 348 g/mol. The number of hydrogen-bond acceptors (Lipinski definition) is 4. The van der Waals surface area contributed by atoms with Gasteiger partial charge in [0.25, 0.3) is 5.91 Å². The van der Waals surface area contributed by atoms with E-state index in [1.807, 2.05) is 24.3 Å². The van der Waals surface area contributed by atoms with E-state index in [0.29, 0.717) is 11.7 Å². The summed E-state index contributed by atoms with van der Waals surface area (Å²) >= 11 is 1.38. The second-order valence-corrected chi connectivity index (χ2v) is 5.90. The monoisotopic (exact) mass is 348 g/mol. The quantitative estimate of drug-likeness (QED) is 0.678. The van der Waals surface area contributed by atoms with E-state index >= 15 is 0 Å². The Bertz CT molecular complexity index is 833. The van der Waals surface area contributed by atoms with Crippen LogP contribution in [-0.4, -0.2) is 24.0 Å². The Kier molecular flexibility index (Phi) is 4.71. The lowest BCUT2D eigenvalue weighted by Crippen LogP contribution is -2.31. The maximum atomic E-state index is 12.8. The van der Waals surface area contributed by atoms with E-state index in [9.17, 15) is 13.6 Å². The summed E-state index contributed by atoms with van der Waals surface area (Å²) in [4.78, 5) is 18.7. The Morgan fingerprint density at radius 3 is 2.62 bits per heavy atom. The molecule has 0 bridgehead atoms. The number of carbonyl (C=O) groups excluding carboxylic acids is 1. The van der Waals surface area contributed by atoms with Crippen LogP contribution in [0, 0.1) is 0 Å². The van der Waals surface area contributed by atoms with Gasteiger partial charge in [0, 0.05) is 6.54 Å². The minimum absolute atomic E-state index is 0.0823. The van der Waals surface area contributed by atoms with Crippen molar-refractivity contribution in [1.29, 1.82) is 0 Å². The highest BCUT2D eigenvalue weighted by atomic mass is 32.1. The number of thiazole rings is 1. The molecule has 0 aliphatic heterocycles. The number of halogens is 2.